The van der Waals surface area contributed by atoms with E-state index in [0.29, 0.717) is 6.61 Å². The lowest BCUT2D eigenvalue weighted by Gasteiger charge is -2.43. The lowest BCUT2D eigenvalue weighted by molar-refractivity contribution is -0.0606. The first kappa shape index (κ1) is 16.2. The van der Waals surface area contributed by atoms with Gasteiger partial charge in [0, 0.05) is 12.6 Å². The number of nitrogens with zero attached hydrogens (tertiary/aromatic N) is 1. The van der Waals surface area contributed by atoms with E-state index < -0.39 is 5.60 Å². The molecule has 3 rings (SSSR count). The van der Waals surface area contributed by atoms with Gasteiger partial charge in [-0.15, -0.1) is 0 Å². The molecule has 23 heavy (non-hydrogen) atoms. The van der Waals surface area contributed by atoms with Crippen molar-refractivity contribution in [3.05, 3.63) is 70.8 Å². The van der Waals surface area contributed by atoms with Crippen LogP contribution in [0.5, 0.6) is 0 Å². The van der Waals surface area contributed by atoms with Crippen LogP contribution in [0.3, 0.4) is 0 Å². The molecule has 0 radical (unpaired) electrons. The van der Waals surface area contributed by atoms with Gasteiger partial charge >= 0.3 is 0 Å². The first-order valence-corrected chi connectivity index (χ1v) is 8.58. The van der Waals surface area contributed by atoms with Crippen LogP contribution in [0.4, 0.5) is 0 Å². The Balaban J connectivity index is 2.34. The predicted molar refractivity (Wildman–Crippen MR) is 95.8 cm³/mol. The number of fused-ring (bicyclic) bond motifs is 2. The molecule has 0 spiro atoms. The Morgan fingerprint density at radius 1 is 0.957 bits per heavy atom. The Kier molecular flexibility index (Phi) is 4.56. The van der Waals surface area contributed by atoms with Crippen LogP contribution in [0.1, 0.15) is 36.1 Å². The molecule has 2 aromatic carbocycles. The average Bonchev–Trinajstić information content (AvgIpc) is 2.71. The summed E-state index contributed by atoms with van der Waals surface area (Å²) in [6, 6.07) is 17.8. The average molecular weight is 309 g/mol. The van der Waals surface area contributed by atoms with E-state index in [1.807, 2.05) is 0 Å². The smallest absolute Gasteiger partial charge is 0.134 e. The Morgan fingerprint density at radius 2 is 1.43 bits per heavy atom. The van der Waals surface area contributed by atoms with Crippen LogP contribution in [-0.2, 0) is 23.2 Å². The van der Waals surface area contributed by atoms with Crippen molar-refractivity contribution in [1.82, 2.24) is 4.90 Å². The fourth-order valence-corrected chi connectivity index (χ4v) is 3.93. The normalized spacial score (nSPS) is 17.3. The second-order valence-corrected chi connectivity index (χ2v) is 6.62. The monoisotopic (exact) mass is 309 g/mol. The summed E-state index contributed by atoms with van der Waals surface area (Å²) in [5, 5.41) is 0. The number of likely N-dealkylation sites (N-methyl/N-ethyl adjacent to an activating group) is 1. The first-order chi connectivity index (χ1) is 11.1. The van der Waals surface area contributed by atoms with Crippen LogP contribution < -0.4 is 0 Å². The number of ether oxygens (including phenoxy) is 1. The molecule has 0 heterocycles. The van der Waals surface area contributed by atoms with Crippen LogP contribution in [0.25, 0.3) is 0 Å². The van der Waals surface area contributed by atoms with E-state index in [1.165, 1.54) is 22.3 Å². The molecule has 0 saturated heterocycles. The molecule has 0 bridgehead atoms. The summed E-state index contributed by atoms with van der Waals surface area (Å²) in [4.78, 5) is 2.27. The largest absolute Gasteiger partial charge is 0.364 e. The number of aryl methyl sites for hydroxylation is 2. The van der Waals surface area contributed by atoms with E-state index >= 15 is 0 Å². The SMILES string of the molecule is CCOC1(C(C)N(C)C)c2ccccc2CCc2ccccc21. The van der Waals surface area contributed by atoms with Gasteiger partial charge in [0.05, 0.1) is 0 Å². The van der Waals surface area contributed by atoms with Gasteiger partial charge in [-0.25, -0.2) is 0 Å². The van der Waals surface area contributed by atoms with Gasteiger partial charge in [0.1, 0.15) is 5.60 Å². The van der Waals surface area contributed by atoms with Gasteiger partial charge in [-0.3, -0.25) is 0 Å². The number of hydrogen-bond acceptors (Lipinski definition) is 2. The molecule has 0 amide bonds. The van der Waals surface area contributed by atoms with Crippen LogP contribution in [0.15, 0.2) is 48.5 Å². The fourth-order valence-electron chi connectivity index (χ4n) is 3.93. The van der Waals surface area contributed by atoms with Crippen molar-refractivity contribution in [2.24, 2.45) is 0 Å². The molecule has 1 aliphatic rings. The highest BCUT2D eigenvalue weighted by atomic mass is 16.5. The minimum atomic E-state index is -0.415. The zero-order valence-corrected chi connectivity index (χ0v) is 14.7. The van der Waals surface area contributed by atoms with Crippen molar-refractivity contribution in [3.8, 4) is 0 Å². The molecule has 2 aromatic rings. The van der Waals surface area contributed by atoms with Crippen molar-refractivity contribution in [2.75, 3.05) is 20.7 Å². The van der Waals surface area contributed by atoms with E-state index in [9.17, 15) is 0 Å². The summed E-state index contributed by atoms with van der Waals surface area (Å²) in [7, 11) is 4.28. The first-order valence-electron chi connectivity index (χ1n) is 8.58. The second-order valence-electron chi connectivity index (χ2n) is 6.62. The molecule has 122 valence electrons. The minimum Gasteiger partial charge on any atom is -0.364 e. The highest BCUT2D eigenvalue weighted by Gasteiger charge is 2.45. The van der Waals surface area contributed by atoms with Crippen molar-refractivity contribution >= 4 is 0 Å². The molecule has 0 saturated carbocycles. The maximum atomic E-state index is 6.58. The van der Waals surface area contributed by atoms with Gasteiger partial charge < -0.3 is 9.64 Å². The topological polar surface area (TPSA) is 12.5 Å². The summed E-state index contributed by atoms with van der Waals surface area (Å²) >= 11 is 0. The van der Waals surface area contributed by atoms with Gasteiger partial charge in [0.2, 0.25) is 0 Å². The van der Waals surface area contributed by atoms with Crippen molar-refractivity contribution in [1.29, 1.82) is 0 Å². The van der Waals surface area contributed by atoms with Gasteiger partial charge in [-0.2, -0.15) is 0 Å². The van der Waals surface area contributed by atoms with Crippen molar-refractivity contribution < 1.29 is 4.74 Å². The lowest BCUT2D eigenvalue weighted by Crippen LogP contribution is -2.49. The van der Waals surface area contributed by atoms with Crippen molar-refractivity contribution in [3.63, 3.8) is 0 Å². The molecule has 2 nitrogen and oxygen atoms in total. The molecule has 2 heteroatoms. The van der Waals surface area contributed by atoms with Gasteiger partial charge in [0.25, 0.3) is 0 Å². The van der Waals surface area contributed by atoms with Gasteiger partial charge in [0.15, 0.2) is 0 Å². The van der Waals surface area contributed by atoms with Crippen LogP contribution in [-0.4, -0.2) is 31.6 Å². The summed E-state index contributed by atoms with van der Waals surface area (Å²) in [5.41, 5.74) is 5.06. The van der Waals surface area contributed by atoms with E-state index in [2.05, 4.69) is 81.4 Å². The predicted octanol–water partition coefficient (Wildman–Crippen LogP) is 4.02. The Bertz CT molecular complexity index is 630. The Hall–Kier alpha value is -1.64. The van der Waals surface area contributed by atoms with E-state index in [-0.39, 0.29) is 6.04 Å². The van der Waals surface area contributed by atoms with Gasteiger partial charge in [-0.05, 0) is 63.0 Å². The second kappa shape index (κ2) is 6.46. The zero-order chi connectivity index (χ0) is 16.4. The standard InChI is InChI=1S/C21H27NO/c1-5-23-21(16(2)22(3)4)19-12-8-6-10-17(19)14-15-18-11-7-9-13-20(18)21/h6-13,16H,5,14-15H2,1-4H3. The lowest BCUT2D eigenvalue weighted by atomic mass is 9.77. The Morgan fingerprint density at radius 3 is 1.87 bits per heavy atom. The number of benzene rings is 2. The van der Waals surface area contributed by atoms with Gasteiger partial charge in [-0.1, -0.05) is 48.5 Å². The van der Waals surface area contributed by atoms with Crippen molar-refractivity contribution in [2.45, 2.75) is 38.3 Å². The molecule has 1 atom stereocenters. The van der Waals surface area contributed by atoms with E-state index in [0.717, 1.165) is 12.8 Å². The fraction of sp³-hybridized carbons (Fsp3) is 0.429. The molecule has 0 aliphatic heterocycles. The Labute approximate surface area is 140 Å². The molecule has 1 unspecified atom stereocenters. The third-order valence-electron chi connectivity index (χ3n) is 5.23. The number of hydrogen-bond donors (Lipinski definition) is 0. The molecule has 0 N–H and O–H groups in total. The molecule has 1 aliphatic carbocycles. The maximum Gasteiger partial charge on any atom is 0.134 e. The quantitative estimate of drug-likeness (QED) is 0.846. The van der Waals surface area contributed by atoms with Crippen LogP contribution in [0, 0.1) is 0 Å². The summed E-state index contributed by atoms with van der Waals surface area (Å²) in [6.45, 7) is 5.07. The number of rotatable bonds is 4. The summed E-state index contributed by atoms with van der Waals surface area (Å²) < 4.78 is 6.58. The molecule has 0 aromatic heterocycles. The summed E-state index contributed by atoms with van der Waals surface area (Å²) in [6.07, 6.45) is 2.14. The minimum absolute atomic E-state index is 0.239. The molecular formula is C21H27NO. The summed E-state index contributed by atoms with van der Waals surface area (Å²) in [5.74, 6) is 0. The van der Waals surface area contributed by atoms with E-state index in [1.54, 1.807) is 0 Å². The zero-order valence-electron chi connectivity index (χ0n) is 14.7. The third kappa shape index (κ3) is 2.60. The maximum absolute atomic E-state index is 6.58. The highest BCUT2D eigenvalue weighted by molar-refractivity contribution is 5.49. The van der Waals surface area contributed by atoms with Crippen LogP contribution >= 0.6 is 0 Å². The molecular weight excluding hydrogens is 282 g/mol. The third-order valence-corrected chi connectivity index (χ3v) is 5.23. The van der Waals surface area contributed by atoms with E-state index in [4.69, 9.17) is 4.74 Å². The van der Waals surface area contributed by atoms with Crippen LogP contribution in [0.2, 0.25) is 0 Å². The highest BCUT2D eigenvalue weighted by Crippen LogP contribution is 2.44. The molecule has 0 fully saturated rings.